The summed E-state index contributed by atoms with van der Waals surface area (Å²) in [5, 5.41) is 2.75. The number of amides is 1. The molecule has 1 aromatic carbocycles. The molecule has 0 aliphatic heterocycles. The molecule has 0 fully saturated rings. The molecule has 1 amide bonds. The van der Waals surface area contributed by atoms with Crippen molar-refractivity contribution < 1.29 is 9.59 Å². The molecule has 0 aliphatic carbocycles. The summed E-state index contributed by atoms with van der Waals surface area (Å²) in [5.74, 6) is -0.712. The molecule has 17 heavy (non-hydrogen) atoms. The Kier molecular flexibility index (Phi) is 4.70. The number of rotatable bonds is 4. The maximum Gasteiger partial charge on any atom is 0.231 e. The standard InChI is InChI=1S/C13H16ClNO2/c1-8-4-9(2)13(10(3)5-8)15-12(17)6-11(16)7-14/h4-5H,6-7H2,1-3H3,(H,15,17). The minimum absolute atomic E-state index is 0.126. The van der Waals surface area contributed by atoms with Crippen LogP contribution in [-0.2, 0) is 9.59 Å². The summed E-state index contributed by atoms with van der Waals surface area (Å²) in [7, 11) is 0. The first kappa shape index (κ1) is 13.7. The van der Waals surface area contributed by atoms with Crippen molar-refractivity contribution in [3.63, 3.8) is 0 Å². The minimum atomic E-state index is -0.314. The van der Waals surface area contributed by atoms with Crippen molar-refractivity contribution in [2.45, 2.75) is 27.2 Å². The number of ketones is 1. The van der Waals surface area contributed by atoms with Crippen LogP contribution < -0.4 is 5.32 Å². The van der Waals surface area contributed by atoms with Crippen LogP contribution in [0.3, 0.4) is 0 Å². The van der Waals surface area contributed by atoms with Gasteiger partial charge in [-0.1, -0.05) is 17.7 Å². The molecule has 1 aromatic rings. The summed E-state index contributed by atoms with van der Waals surface area (Å²) in [4.78, 5) is 22.6. The van der Waals surface area contributed by atoms with Crippen LogP contribution in [0.15, 0.2) is 12.1 Å². The van der Waals surface area contributed by atoms with Crippen LogP contribution in [0.1, 0.15) is 23.1 Å². The predicted octanol–water partition coefficient (Wildman–Crippen LogP) is 2.75. The Balaban J connectivity index is 2.82. The third kappa shape index (κ3) is 3.86. The Bertz CT molecular complexity index is 432. The second-order valence-electron chi connectivity index (χ2n) is 4.17. The van der Waals surface area contributed by atoms with Gasteiger partial charge in [0.05, 0.1) is 12.3 Å². The van der Waals surface area contributed by atoms with Crippen LogP contribution in [0.2, 0.25) is 0 Å². The van der Waals surface area contributed by atoms with Gasteiger partial charge in [0, 0.05) is 5.69 Å². The second kappa shape index (κ2) is 5.82. The molecule has 0 atom stereocenters. The molecule has 4 heteroatoms. The molecule has 0 bridgehead atoms. The first-order valence-corrected chi connectivity index (χ1v) is 5.93. The van der Waals surface area contributed by atoms with Gasteiger partial charge in [0.2, 0.25) is 5.91 Å². The monoisotopic (exact) mass is 253 g/mol. The lowest BCUT2D eigenvalue weighted by Gasteiger charge is -2.12. The molecule has 0 saturated carbocycles. The topological polar surface area (TPSA) is 46.2 Å². The van der Waals surface area contributed by atoms with E-state index in [-0.39, 0.29) is 24.0 Å². The maximum absolute atomic E-state index is 11.6. The number of anilines is 1. The number of hydrogen-bond acceptors (Lipinski definition) is 2. The Hall–Kier alpha value is -1.35. The average molecular weight is 254 g/mol. The van der Waals surface area contributed by atoms with Crippen LogP contribution in [0.4, 0.5) is 5.69 Å². The quantitative estimate of drug-likeness (QED) is 0.663. The summed E-state index contributed by atoms with van der Waals surface area (Å²) >= 11 is 5.35. The molecule has 0 aromatic heterocycles. The number of halogens is 1. The summed E-state index contributed by atoms with van der Waals surface area (Å²) in [6.45, 7) is 5.86. The number of carbonyl (C=O) groups excluding carboxylic acids is 2. The highest BCUT2D eigenvalue weighted by Crippen LogP contribution is 2.21. The van der Waals surface area contributed by atoms with E-state index in [1.807, 2.05) is 32.9 Å². The fourth-order valence-electron chi connectivity index (χ4n) is 1.79. The maximum atomic E-state index is 11.6. The largest absolute Gasteiger partial charge is 0.325 e. The minimum Gasteiger partial charge on any atom is -0.325 e. The van der Waals surface area contributed by atoms with Gasteiger partial charge in [-0.05, 0) is 31.9 Å². The van der Waals surface area contributed by atoms with Crippen molar-refractivity contribution in [2.24, 2.45) is 0 Å². The van der Waals surface area contributed by atoms with Crippen molar-refractivity contribution in [1.29, 1.82) is 0 Å². The molecule has 1 N–H and O–H groups in total. The van der Waals surface area contributed by atoms with Crippen LogP contribution in [0.25, 0.3) is 0 Å². The van der Waals surface area contributed by atoms with Crippen LogP contribution in [0.5, 0.6) is 0 Å². The second-order valence-corrected chi connectivity index (χ2v) is 4.44. The van der Waals surface area contributed by atoms with E-state index in [1.165, 1.54) is 0 Å². The molecule has 0 unspecified atom stereocenters. The molecule has 3 nitrogen and oxygen atoms in total. The number of carbonyl (C=O) groups is 2. The normalized spacial score (nSPS) is 10.1. The number of nitrogens with one attached hydrogen (secondary N) is 1. The van der Waals surface area contributed by atoms with E-state index in [4.69, 9.17) is 11.6 Å². The Morgan fingerprint density at radius 2 is 1.71 bits per heavy atom. The van der Waals surface area contributed by atoms with Crippen molar-refractivity contribution >= 4 is 29.0 Å². The lowest BCUT2D eigenvalue weighted by Crippen LogP contribution is -2.18. The van der Waals surface area contributed by atoms with E-state index >= 15 is 0 Å². The molecular weight excluding hydrogens is 238 g/mol. The first-order valence-electron chi connectivity index (χ1n) is 5.39. The van der Waals surface area contributed by atoms with Gasteiger partial charge in [-0.15, -0.1) is 11.6 Å². The number of hydrogen-bond donors (Lipinski definition) is 1. The highest BCUT2D eigenvalue weighted by atomic mass is 35.5. The Morgan fingerprint density at radius 3 is 2.18 bits per heavy atom. The SMILES string of the molecule is Cc1cc(C)c(NC(=O)CC(=O)CCl)c(C)c1. The van der Waals surface area contributed by atoms with Gasteiger partial charge >= 0.3 is 0 Å². The Morgan fingerprint density at radius 1 is 1.18 bits per heavy atom. The summed E-state index contributed by atoms with van der Waals surface area (Å²) < 4.78 is 0. The van der Waals surface area contributed by atoms with Crippen molar-refractivity contribution in [2.75, 3.05) is 11.2 Å². The predicted molar refractivity (Wildman–Crippen MR) is 69.6 cm³/mol. The fourth-order valence-corrected chi connectivity index (χ4v) is 1.88. The highest BCUT2D eigenvalue weighted by molar-refractivity contribution is 6.29. The van der Waals surface area contributed by atoms with E-state index in [0.29, 0.717) is 0 Å². The van der Waals surface area contributed by atoms with E-state index in [1.54, 1.807) is 0 Å². The molecular formula is C13H16ClNO2. The van der Waals surface area contributed by atoms with Crippen LogP contribution in [0, 0.1) is 20.8 Å². The van der Waals surface area contributed by atoms with E-state index in [2.05, 4.69) is 5.32 Å². The lowest BCUT2D eigenvalue weighted by molar-refractivity contribution is -0.124. The van der Waals surface area contributed by atoms with E-state index < -0.39 is 0 Å². The van der Waals surface area contributed by atoms with Gasteiger partial charge in [0.25, 0.3) is 0 Å². The average Bonchev–Trinajstić information content (AvgIpc) is 2.23. The van der Waals surface area contributed by atoms with Gasteiger partial charge in [-0.2, -0.15) is 0 Å². The fraction of sp³-hybridized carbons (Fsp3) is 0.385. The molecule has 0 spiro atoms. The zero-order valence-corrected chi connectivity index (χ0v) is 11.0. The van der Waals surface area contributed by atoms with Gasteiger partial charge < -0.3 is 5.32 Å². The zero-order chi connectivity index (χ0) is 13.0. The van der Waals surface area contributed by atoms with Crippen LogP contribution in [-0.4, -0.2) is 17.6 Å². The molecule has 92 valence electrons. The van der Waals surface area contributed by atoms with E-state index in [9.17, 15) is 9.59 Å². The van der Waals surface area contributed by atoms with Gasteiger partial charge in [0.15, 0.2) is 5.78 Å². The number of alkyl halides is 1. The zero-order valence-electron chi connectivity index (χ0n) is 10.3. The van der Waals surface area contributed by atoms with Crippen molar-refractivity contribution in [3.8, 4) is 0 Å². The molecule has 0 saturated heterocycles. The smallest absolute Gasteiger partial charge is 0.231 e. The molecule has 1 rings (SSSR count). The summed E-state index contributed by atoms with van der Waals surface area (Å²) in [6, 6.07) is 3.98. The van der Waals surface area contributed by atoms with Crippen molar-refractivity contribution in [1.82, 2.24) is 0 Å². The Labute approximate surface area is 106 Å². The number of Topliss-reactive ketones (excluding diaryl/α,β-unsaturated/α-hetero) is 1. The van der Waals surface area contributed by atoms with Gasteiger partial charge in [-0.25, -0.2) is 0 Å². The van der Waals surface area contributed by atoms with Gasteiger partial charge in [0.1, 0.15) is 0 Å². The third-order valence-electron chi connectivity index (χ3n) is 2.45. The molecule has 0 aliphatic rings. The summed E-state index contributed by atoms with van der Waals surface area (Å²) in [5.41, 5.74) is 3.92. The van der Waals surface area contributed by atoms with E-state index in [0.717, 1.165) is 22.4 Å². The van der Waals surface area contributed by atoms with Crippen LogP contribution >= 0.6 is 11.6 Å². The van der Waals surface area contributed by atoms with Gasteiger partial charge in [-0.3, -0.25) is 9.59 Å². The number of benzene rings is 1. The summed E-state index contributed by atoms with van der Waals surface area (Å²) in [6.07, 6.45) is -0.170. The van der Waals surface area contributed by atoms with Crippen molar-refractivity contribution in [3.05, 3.63) is 28.8 Å². The highest BCUT2D eigenvalue weighted by Gasteiger charge is 2.11. The lowest BCUT2D eigenvalue weighted by atomic mass is 10.0. The number of aryl methyl sites for hydroxylation is 3. The third-order valence-corrected chi connectivity index (χ3v) is 2.75. The first-order chi connectivity index (χ1) is 7.93. The molecule has 0 radical (unpaired) electrons. The molecule has 0 heterocycles.